The van der Waals surface area contributed by atoms with Crippen LogP contribution in [0.5, 0.6) is 0 Å². The Hall–Kier alpha value is -11.8. The van der Waals surface area contributed by atoms with Gasteiger partial charge in [0.05, 0.1) is 38.2 Å². The Labute approximate surface area is 674 Å². The molecule has 36 nitrogen and oxygen atoms in total. The Kier molecular flexibility index (Phi) is 32.1. The number of nitrogens with zero attached hydrogens (tertiary/aromatic N) is 12. The third kappa shape index (κ3) is 25.6. The van der Waals surface area contributed by atoms with Crippen LogP contribution in [0.25, 0.3) is 54.6 Å². The molecule has 5 bridgehead atoms. The van der Waals surface area contributed by atoms with Crippen molar-refractivity contribution in [2.75, 3.05) is 32.8 Å². The summed E-state index contributed by atoms with van der Waals surface area (Å²) in [6, 6.07) is 17.1. The minimum Gasteiger partial charge on any atom is -0.460 e. The molecule has 0 aliphatic carbocycles. The van der Waals surface area contributed by atoms with Gasteiger partial charge in [-0.25, -0.2) is 20.4 Å². The summed E-state index contributed by atoms with van der Waals surface area (Å²) in [5.74, 6) is -6.84. The Morgan fingerprint density at radius 1 is 0.800 bits per heavy atom. The minimum atomic E-state index is -1.78. The van der Waals surface area contributed by atoms with Gasteiger partial charge in [0.15, 0.2) is 0 Å². The first kappa shape index (κ1) is 90.4. The van der Waals surface area contributed by atoms with E-state index in [9.17, 15) is 73.3 Å². The van der Waals surface area contributed by atoms with E-state index in [1.54, 1.807) is 78.2 Å². The molecule has 610 valence electrons. The Bertz CT molecular complexity index is 4800. The van der Waals surface area contributed by atoms with E-state index in [4.69, 9.17) is 55.3 Å². The smallest absolute Gasteiger partial charge is 0.353 e. The van der Waals surface area contributed by atoms with E-state index in [-0.39, 0.29) is 54.7 Å². The second-order valence-electron chi connectivity index (χ2n) is 28.3. The van der Waals surface area contributed by atoms with Crippen LogP contribution in [0.2, 0.25) is 0 Å². The van der Waals surface area contributed by atoms with E-state index in [1.165, 1.54) is 62.0 Å². The molecule has 2 saturated heterocycles. The Balaban J connectivity index is 0.000000250. The number of alkyl halides is 3. The van der Waals surface area contributed by atoms with Crippen LogP contribution in [0.1, 0.15) is 160 Å². The molecule has 2 fully saturated rings. The fourth-order valence-electron chi connectivity index (χ4n) is 11.8. The number of hydrogen-bond acceptors (Lipinski definition) is 24. The summed E-state index contributed by atoms with van der Waals surface area (Å²) in [5, 5.41) is 55.8. The van der Waals surface area contributed by atoms with Crippen molar-refractivity contribution in [3.63, 3.8) is 0 Å². The lowest BCUT2D eigenvalue weighted by Gasteiger charge is -2.35. The highest BCUT2D eigenvalue weighted by atomic mass is 35.6. The first-order valence-electron chi connectivity index (χ1n) is 36.2. The fraction of sp³-hybridized carbons (Fsp3) is 0.421. The number of esters is 4. The van der Waals surface area contributed by atoms with Gasteiger partial charge in [-0.1, -0.05) is 106 Å². The monoisotopic (exact) mass is 1640 g/mol. The molecular formula is C76H87Cl3N18O18. The summed E-state index contributed by atoms with van der Waals surface area (Å²) < 4.78 is 13.7. The number of fused-ring (bicyclic) bond motifs is 5. The highest BCUT2D eigenvalue weighted by molar-refractivity contribution is 6.67. The highest BCUT2D eigenvalue weighted by Gasteiger charge is 2.39. The first-order chi connectivity index (χ1) is 54.2. The lowest BCUT2D eigenvalue weighted by Crippen LogP contribution is -2.60. The van der Waals surface area contributed by atoms with Gasteiger partial charge < -0.3 is 40.6 Å². The summed E-state index contributed by atoms with van der Waals surface area (Å²) >= 11 is 16.9. The number of amides is 6. The van der Waals surface area contributed by atoms with Crippen molar-refractivity contribution >= 4 is 139 Å². The van der Waals surface area contributed by atoms with E-state index >= 15 is 0 Å². The predicted molar refractivity (Wildman–Crippen MR) is 423 cm³/mol. The number of azide groups is 2. The maximum absolute atomic E-state index is 13.4. The van der Waals surface area contributed by atoms with Crippen LogP contribution < -0.4 is 32.1 Å². The number of aliphatic hydroxyl groups excluding tert-OH is 1. The number of halogens is 3. The molecule has 5 heterocycles. The molecule has 6 aromatic rings. The van der Waals surface area contributed by atoms with Gasteiger partial charge in [-0.3, -0.25) is 78.6 Å². The number of benzene rings is 4. The number of nitrogens with one attached hydrogen (secondary N) is 6. The molecule has 115 heavy (non-hydrogen) atoms. The predicted octanol–water partition coefficient (Wildman–Crippen LogP) is 10.6. The maximum Gasteiger partial charge on any atom is 0.353 e. The van der Waals surface area contributed by atoms with Crippen molar-refractivity contribution in [3.8, 4) is 0 Å². The standard InChI is InChI=1S/C31H39Cl3N8O6.C29H36N8O5.C16H12N2O7/c1-18(27(45)42-13-5-6-25(40-42)28(46)48-17-31(32,33)34)38-26(44)24(10-12-37-41-35)39-29(47)30(3,4)11-9-23-15-22-14-20(19(2)43)7-8-21(22)16-36-23;1-17-26(39)37-13-5-6-24(35-37)27(40)42-18(2)19-7-8-20-16-31-22(15-21(20)14-19)9-11-29(3,4)28(41)34-23(25(38)33-17)10-12-32-36-30;1-9-5-3-7-11(17(21)22)13(9)15(19)25-16(20)14-10(2)6-4-8-12(14)18(23)24/h7-9,11,14-16,18-19,24-25,40,43H,5-6,10,12-13,17H2,1-4H3,(H,38,44)(H,39,47);7-9,11,14-18,23-24,35H,5-6,10,12-13H2,1-4H3,(H,33,38)(H,34,41);3-8H,1-2H3/b2*11-9+;/t18-,19+,24-,25-;17-,18+,23-,24-;/m00./s1. The number of aromatic nitrogens is 2. The number of cyclic esters (lactones) is 1. The SMILES string of the molecule is C[C@@H]1NC(=O)[C@H](CCN=[N+]=[N-])NC(=O)C(C)(C)/C=C/c2cc3cc(ccc3cn2)[C@@H](C)OC(=O)[C@@H]2CCCN(N2)C1=O.C[C@H](NC(=O)[C@H](CCN=[N+]=[N-])NC(=O)C(C)(C)/C=C/c1cc2cc([C@@H](C)O)ccc2cn1)C(=O)N1CCC[C@@H](C(=O)OCC(Cl)(Cl)Cl)N1.Cc1cccc([N+](=O)[O-])c1C(=O)OC(=O)c1c(C)cccc1[N+](=O)[O-]. The number of carbonyl (C=O) groups is 10. The number of aryl methyl sites for hydroxylation is 2. The minimum absolute atomic E-state index is 0.0285. The number of pyridine rings is 2. The normalized spacial score (nSPS) is 18.9. The molecule has 0 radical (unpaired) electrons. The summed E-state index contributed by atoms with van der Waals surface area (Å²) in [5.41, 5.74) is 22.5. The van der Waals surface area contributed by atoms with E-state index in [1.807, 2.05) is 48.5 Å². The molecule has 9 rings (SSSR count). The number of ether oxygens (including phenoxy) is 3. The number of hydrazine groups is 2. The lowest BCUT2D eigenvalue weighted by atomic mass is 9.90. The molecule has 4 aromatic carbocycles. The van der Waals surface area contributed by atoms with Crippen LogP contribution in [0.15, 0.2) is 120 Å². The van der Waals surface area contributed by atoms with E-state index in [0.717, 1.165) is 44.8 Å². The van der Waals surface area contributed by atoms with Gasteiger partial charge in [-0.05, 0) is 188 Å². The number of nitro groups is 2. The highest BCUT2D eigenvalue weighted by Crippen LogP contribution is 2.31. The van der Waals surface area contributed by atoms with Crippen molar-refractivity contribution in [1.29, 1.82) is 0 Å². The van der Waals surface area contributed by atoms with Crippen molar-refractivity contribution in [1.82, 2.24) is 52.1 Å². The molecule has 39 heteroatoms. The quantitative estimate of drug-likeness (QED) is 0.00430. The fourth-order valence-corrected chi connectivity index (χ4v) is 12.0. The van der Waals surface area contributed by atoms with Crippen LogP contribution in [-0.2, 0) is 52.6 Å². The van der Waals surface area contributed by atoms with E-state index in [0.29, 0.717) is 43.6 Å². The molecule has 0 saturated carbocycles. The van der Waals surface area contributed by atoms with Gasteiger partial charge in [0.2, 0.25) is 27.4 Å². The van der Waals surface area contributed by atoms with Crippen LogP contribution in [-0.4, -0.2) is 167 Å². The molecule has 8 atom stereocenters. The maximum atomic E-state index is 13.4. The van der Waals surface area contributed by atoms with Crippen molar-refractivity contribution in [2.24, 2.45) is 21.1 Å². The second kappa shape index (κ2) is 40.8. The van der Waals surface area contributed by atoms with Crippen molar-refractivity contribution < 1.29 is 77.1 Å². The van der Waals surface area contributed by atoms with Gasteiger partial charge in [0.1, 0.15) is 60.1 Å². The summed E-state index contributed by atoms with van der Waals surface area (Å²) in [6.45, 7) is 16.1. The third-order valence-corrected chi connectivity index (χ3v) is 18.8. The molecule has 0 spiro atoms. The number of aliphatic hydroxyl groups is 1. The number of rotatable bonds is 20. The number of hydrogen-bond donors (Lipinski definition) is 7. The van der Waals surface area contributed by atoms with Crippen LogP contribution >= 0.6 is 34.8 Å². The molecule has 3 aliphatic heterocycles. The zero-order valence-electron chi connectivity index (χ0n) is 64.3. The molecule has 6 amide bonds. The zero-order chi connectivity index (χ0) is 84.8. The number of carbonyl (C=O) groups excluding carboxylic acids is 10. The average molecular weight is 1650 g/mol. The van der Waals surface area contributed by atoms with Crippen LogP contribution in [0, 0.1) is 44.9 Å². The Morgan fingerprint density at radius 2 is 1.41 bits per heavy atom. The molecule has 0 unspecified atom stereocenters. The molecular weight excluding hydrogens is 1560 g/mol. The van der Waals surface area contributed by atoms with Crippen LogP contribution in [0.4, 0.5) is 11.4 Å². The van der Waals surface area contributed by atoms with Gasteiger partial charge in [-0.2, -0.15) is 0 Å². The summed E-state index contributed by atoms with van der Waals surface area (Å²) in [7, 11) is 0. The van der Waals surface area contributed by atoms with Crippen molar-refractivity contribution in [2.45, 2.75) is 160 Å². The molecule has 2 aromatic heterocycles. The Morgan fingerprint density at radius 3 is 2.03 bits per heavy atom. The van der Waals surface area contributed by atoms with Gasteiger partial charge in [0.25, 0.3) is 23.2 Å². The van der Waals surface area contributed by atoms with Crippen molar-refractivity contribution in [3.05, 3.63) is 195 Å². The lowest BCUT2D eigenvalue weighted by molar-refractivity contribution is -0.385. The van der Waals surface area contributed by atoms with Gasteiger partial charge in [-0.15, -0.1) is 0 Å². The van der Waals surface area contributed by atoms with Crippen LogP contribution in [0.3, 0.4) is 0 Å². The second-order valence-corrected chi connectivity index (χ2v) is 30.8. The largest absolute Gasteiger partial charge is 0.460 e. The van der Waals surface area contributed by atoms with E-state index < -0.39 is 150 Å². The summed E-state index contributed by atoms with van der Waals surface area (Å²) in [4.78, 5) is 165. The first-order valence-corrected chi connectivity index (χ1v) is 37.3. The number of nitro benzene ring substituents is 2. The van der Waals surface area contributed by atoms with Gasteiger partial charge >= 0.3 is 23.9 Å². The molecule has 3 aliphatic rings. The zero-order valence-corrected chi connectivity index (χ0v) is 66.6. The topological polar surface area (TPSA) is 507 Å². The van der Waals surface area contributed by atoms with Gasteiger partial charge in [0, 0.05) is 71.3 Å². The van der Waals surface area contributed by atoms with E-state index in [2.05, 4.69) is 66.9 Å². The summed E-state index contributed by atoms with van der Waals surface area (Å²) in [6.07, 6.45) is 10.9. The third-order valence-electron chi connectivity index (χ3n) is 18.5. The average Bonchev–Trinajstić information content (AvgIpc) is 1.15. The molecule has 7 N–H and O–H groups in total.